The third-order valence-electron chi connectivity index (χ3n) is 3.54. The number of nitrogens with one attached hydrogen (secondary N) is 1. The van der Waals surface area contributed by atoms with Gasteiger partial charge in [0.25, 0.3) is 0 Å². The molecule has 1 N–H and O–H groups in total. The van der Waals surface area contributed by atoms with Crippen LogP contribution in [0, 0.1) is 11.8 Å². The lowest BCUT2D eigenvalue weighted by molar-refractivity contribution is 0.150. The van der Waals surface area contributed by atoms with Crippen molar-refractivity contribution in [2.24, 2.45) is 11.8 Å². The number of piperidine rings is 1. The largest absolute Gasteiger partial charge is 0.314 e. The molecule has 0 spiro atoms. The van der Waals surface area contributed by atoms with Crippen LogP contribution in [0.3, 0.4) is 0 Å². The predicted octanol–water partition coefficient (Wildman–Crippen LogP) is 2.17. The Hall–Kier alpha value is -0.0400. The first-order valence-electron chi connectivity index (χ1n) is 5.11. The van der Waals surface area contributed by atoms with Gasteiger partial charge in [0.1, 0.15) is 0 Å². The average Bonchev–Trinajstić information content (AvgIpc) is 2.06. The molecule has 1 aliphatic carbocycles. The van der Waals surface area contributed by atoms with E-state index in [0.29, 0.717) is 0 Å². The van der Waals surface area contributed by atoms with Crippen LogP contribution >= 0.6 is 0 Å². The quantitative estimate of drug-likeness (QED) is 0.562. The molecule has 0 unspecified atom stereocenters. The van der Waals surface area contributed by atoms with E-state index >= 15 is 0 Å². The molecule has 3 atom stereocenters. The highest BCUT2D eigenvalue weighted by atomic mass is 14.9. The van der Waals surface area contributed by atoms with Gasteiger partial charge in [0, 0.05) is 6.04 Å². The monoisotopic (exact) mass is 153 g/mol. The molecular formula is C10H19N. The molecule has 2 fully saturated rings. The molecule has 11 heavy (non-hydrogen) atoms. The van der Waals surface area contributed by atoms with E-state index in [4.69, 9.17) is 0 Å². The van der Waals surface area contributed by atoms with Crippen LogP contribution in [0.25, 0.3) is 0 Å². The Morgan fingerprint density at radius 3 is 2.82 bits per heavy atom. The summed E-state index contributed by atoms with van der Waals surface area (Å²) in [5.41, 5.74) is 0. The molecule has 1 saturated carbocycles. The van der Waals surface area contributed by atoms with Crippen molar-refractivity contribution in [3.05, 3.63) is 0 Å². The van der Waals surface area contributed by atoms with Crippen LogP contribution in [0.2, 0.25) is 0 Å². The summed E-state index contributed by atoms with van der Waals surface area (Å²) in [5, 5.41) is 3.65. The van der Waals surface area contributed by atoms with Crippen molar-refractivity contribution < 1.29 is 0 Å². The van der Waals surface area contributed by atoms with Gasteiger partial charge in [-0.15, -0.1) is 0 Å². The minimum atomic E-state index is 0.882. The van der Waals surface area contributed by atoms with Crippen molar-refractivity contribution in [1.82, 2.24) is 5.32 Å². The van der Waals surface area contributed by atoms with E-state index in [9.17, 15) is 0 Å². The second kappa shape index (κ2) is 3.14. The number of hydrogen-bond acceptors (Lipinski definition) is 1. The van der Waals surface area contributed by atoms with Crippen LogP contribution in [0.1, 0.15) is 39.0 Å². The second-order valence-electron chi connectivity index (χ2n) is 4.27. The molecule has 0 aromatic rings. The maximum Gasteiger partial charge on any atom is 0.00978 e. The standard InChI is InChI=1S/C10H19N/c1-8-4-2-6-10-9(8)5-3-7-11-10/h8-11H,2-7H2,1H3/t8-,9+,10-/m1/s1. The lowest BCUT2D eigenvalue weighted by Gasteiger charge is -2.40. The van der Waals surface area contributed by atoms with Crippen LogP contribution in [0.4, 0.5) is 0 Å². The molecule has 1 heteroatoms. The number of hydrogen-bond donors (Lipinski definition) is 1. The summed E-state index contributed by atoms with van der Waals surface area (Å²) < 4.78 is 0. The van der Waals surface area contributed by atoms with E-state index in [1.165, 1.54) is 38.6 Å². The summed E-state index contributed by atoms with van der Waals surface area (Å²) in [4.78, 5) is 0. The predicted molar refractivity (Wildman–Crippen MR) is 47.5 cm³/mol. The highest BCUT2D eigenvalue weighted by Crippen LogP contribution is 2.34. The summed E-state index contributed by atoms with van der Waals surface area (Å²) in [7, 11) is 0. The second-order valence-corrected chi connectivity index (χ2v) is 4.27. The van der Waals surface area contributed by atoms with E-state index in [1.807, 2.05) is 0 Å². The van der Waals surface area contributed by atoms with Gasteiger partial charge in [-0.25, -0.2) is 0 Å². The van der Waals surface area contributed by atoms with E-state index in [2.05, 4.69) is 12.2 Å². The van der Waals surface area contributed by atoms with Gasteiger partial charge >= 0.3 is 0 Å². The van der Waals surface area contributed by atoms with Crippen LogP contribution in [-0.4, -0.2) is 12.6 Å². The highest BCUT2D eigenvalue weighted by Gasteiger charge is 2.31. The molecule has 0 bridgehead atoms. The maximum atomic E-state index is 3.65. The molecule has 1 heterocycles. The Bertz CT molecular complexity index is 131. The zero-order chi connectivity index (χ0) is 7.68. The highest BCUT2D eigenvalue weighted by molar-refractivity contribution is 4.87. The number of fused-ring (bicyclic) bond motifs is 1. The molecule has 64 valence electrons. The fraction of sp³-hybridized carbons (Fsp3) is 1.00. The Morgan fingerprint density at radius 2 is 2.00 bits per heavy atom. The minimum absolute atomic E-state index is 0.882. The summed E-state index contributed by atoms with van der Waals surface area (Å²) in [5.74, 6) is 2.00. The first-order chi connectivity index (χ1) is 5.38. The average molecular weight is 153 g/mol. The Morgan fingerprint density at radius 1 is 1.09 bits per heavy atom. The van der Waals surface area contributed by atoms with Gasteiger partial charge in [0.2, 0.25) is 0 Å². The normalized spacial score (nSPS) is 45.0. The molecular weight excluding hydrogens is 134 g/mol. The third kappa shape index (κ3) is 1.44. The third-order valence-corrected chi connectivity index (χ3v) is 3.54. The topological polar surface area (TPSA) is 12.0 Å². The van der Waals surface area contributed by atoms with Crippen LogP contribution in [0.15, 0.2) is 0 Å². The molecule has 0 aromatic heterocycles. The van der Waals surface area contributed by atoms with E-state index in [-0.39, 0.29) is 0 Å². The lowest BCUT2D eigenvalue weighted by Crippen LogP contribution is -2.45. The maximum absolute atomic E-state index is 3.65. The van der Waals surface area contributed by atoms with Gasteiger partial charge in [0.05, 0.1) is 0 Å². The Kier molecular flexibility index (Phi) is 2.17. The molecule has 0 aromatic carbocycles. The van der Waals surface area contributed by atoms with Crippen LogP contribution in [-0.2, 0) is 0 Å². The zero-order valence-electron chi connectivity index (χ0n) is 7.47. The van der Waals surface area contributed by atoms with Crippen molar-refractivity contribution in [1.29, 1.82) is 0 Å². The van der Waals surface area contributed by atoms with Crippen molar-refractivity contribution in [3.8, 4) is 0 Å². The van der Waals surface area contributed by atoms with Crippen molar-refractivity contribution >= 4 is 0 Å². The van der Waals surface area contributed by atoms with Crippen molar-refractivity contribution in [2.45, 2.75) is 45.1 Å². The fourth-order valence-corrected chi connectivity index (χ4v) is 2.85. The van der Waals surface area contributed by atoms with Gasteiger partial charge in [-0.2, -0.15) is 0 Å². The number of rotatable bonds is 0. The van der Waals surface area contributed by atoms with Gasteiger partial charge in [-0.05, 0) is 37.6 Å². The van der Waals surface area contributed by atoms with Gasteiger partial charge in [0.15, 0.2) is 0 Å². The van der Waals surface area contributed by atoms with E-state index in [1.54, 1.807) is 0 Å². The molecule has 1 nitrogen and oxygen atoms in total. The van der Waals surface area contributed by atoms with E-state index in [0.717, 1.165) is 17.9 Å². The SMILES string of the molecule is C[C@@H]1CCC[C@H]2NCCC[C@@H]12. The summed E-state index contributed by atoms with van der Waals surface area (Å²) in [6.45, 7) is 3.71. The van der Waals surface area contributed by atoms with Crippen molar-refractivity contribution in [2.75, 3.05) is 6.54 Å². The Labute approximate surface area is 69.6 Å². The van der Waals surface area contributed by atoms with E-state index < -0.39 is 0 Å². The van der Waals surface area contributed by atoms with Crippen LogP contribution < -0.4 is 5.32 Å². The first kappa shape index (κ1) is 7.60. The molecule has 2 aliphatic rings. The molecule has 0 radical (unpaired) electrons. The summed E-state index contributed by atoms with van der Waals surface area (Å²) in [6, 6.07) is 0.882. The molecule has 1 saturated heterocycles. The zero-order valence-corrected chi connectivity index (χ0v) is 7.47. The van der Waals surface area contributed by atoms with Crippen molar-refractivity contribution in [3.63, 3.8) is 0 Å². The van der Waals surface area contributed by atoms with Gasteiger partial charge < -0.3 is 5.32 Å². The van der Waals surface area contributed by atoms with Gasteiger partial charge in [-0.1, -0.05) is 19.8 Å². The summed E-state index contributed by atoms with van der Waals surface area (Å²) >= 11 is 0. The molecule has 2 rings (SSSR count). The van der Waals surface area contributed by atoms with Crippen LogP contribution in [0.5, 0.6) is 0 Å². The summed E-state index contributed by atoms with van der Waals surface area (Å²) in [6.07, 6.45) is 7.26. The Balaban J connectivity index is 1.99. The smallest absolute Gasteiger partial charge is 0.00978 e. The lowest BCUT2D eigenvalue weighted by atomic mass is 9.73. The molecule has 0 amide bonds. The minimum Gasteiger partial charge on any atom is -0.314 e. The first-order valence-corrected chi connectivity index (χ1v) is 5.11. The molecule has 1 aliphatic heterocycles. The van der Waals surface area contributed by atoms with Gasteiger partial charge in [-0.3, -0.25) is 0 Å². The fourth-order valence-electron chi connectivity index (χ4n) is 2.85.